The number of primary amides is 1. The summed E-state index contributed by atoms with van der Waals surface area (Å²) in [5.74, 6) is -3.48. The van der Waals surface area contributed by atoms with Crippen molar-refractivity contribution >= 4 is 5.91 Å². The Morgan fingerprint density at radius 2 is 1.52 bits per heavy atom. The molecule has 0 aliphatic carbocycles. The van der Waals surface area contributed by atoms with E-state index in [0.717, 1.165) is 24.3 Å². The number of amides is 1. The molecule has 0 heterocycles. The molecule has 0 radical (unpaired) electrons. The average Bonchev–Trinajstić information content (AvgIpc) is 2.59. The van der Waals surface area contributed by atoms with E-state index in [0.29, 0.717) is 18.6 Å². The summed E-state index contributed by atoms with van der Waals surface area (Å²) in [5.41, 5.74) is 3.29. The standard InChI is InChI=1S/C18H16F5NO3/c19-13-7-8-14(16(20)15(13)17(24)25)27-10-2-1-9-26-12-5-3-11(4-6-12)18(21,22)23/h3-8H,1-2,9-10H2,(H2,24,25). The molecular formula is C18H16F5NO3. The van der Waals surface area contributed by atoms with Gasteiger partial charge in [0.15, 0.2) is 11.6 Å². The maximum absolute atomic E-state index is 13.9. The Morgan fingerprint density at radius 1 is 0.926 bits per heavy atom. The Hall–Kier alpha value is -2.84. The lowest BCUT2D eigenvalue weighted by molar-refractivity contribution is -0.137. The van der Waals surface area contributed by atoms with Crippen LogP contribution in [0.1, 0.15) is 28.8 Å². The number of rotatable bonds is 8. The fraction of sp³-hybridized carbons (Fsp3) is 0.278. The predicted octanol–water partition coefficient (Wildman–Crippen LogP) is 4.32. The van der Waals surface area contributed by atoms with Crippen molar-refractivity contribution in [3.8, 4) is 11.5 Å². The lowest BCUT2D eigenvalue weighted by Gasteiger charge is -2.11. The van der Waals surface area contributed by atoms with Crippen LogP contribution in [0.15, 0.2) is 36.4 Å². The van der Waals surface area contributed by atoms with Crippen LogP contribution in [0.5, 0.6) is 11.5 Å². The molecule has 2 aromatic carbocycles. The third-order valence-electron chi connectivity index (χ3n) is 3.55. The summed E-state index contributed by atoms with van der Waals surface area (Å²) < 4.78 is 75.1. The van der Waals surface area contributed by atoms with Crippen LogP contribution in [0.4, 0.5) is 22.0 Å². The van der Waals surface area contributed by atoms with Crippen LogP contribution in [0, 0.1) is 11.6 Å². The summed E-state index contributed by atoms with van der Waals surface area (Å²) in [6.07, 6.45) is -3.49. The van der Waals surface area contributed by atoms with Crippen LogP contribution in [0.3, 0.4) is 0 Å². The van der Waals surface area contributed by atoms with Gasteiger partial charge in [-0.25, -0.2) is 8.78 Å². The molecular weight excluding hydrogens is 373 g/mol. The zero-order valence-electron chi connectivity index (χ0n) is 14.0. The van der Waals surface area contributed by atoms with Gasteiger partial charge >= 0.3 is 6.18 Å². The van der Waals surface area contributed by atoms with Gasteiger partial charge in [-0.15, -0.1) is 0 Å². The van der Waals surface area contributed by atoms with Gasteiger partial charge in [0.25, 0.3) is 5.91 Å². The maximum atomic E-state index is 13.9. The first-order valence-corrected chi connectivity index (χ1v) is 7.91. The third kappa shape index (κ3) is 5.57. The smallest absolute Gasteiger partial charge is 0.416 e. The first kappa shape index (κ1) is 20.5. The lowest BCUT2D eigenvalue weighted by atomic mass is 10.1. The van der Waals surface area contributed by atoms with Gasteiger partial charge in [0.05, 0.1) is 18.8 Å². The summed E-state index contributed by atoms with van der Waals surface area (Å²) in [6.45, 7) is 0.282. The van der Waals surface area contributed by atoms with Crippen molar-refractivity contribution < 1.29 is 36.2 Å². The normalized spacial score (nSPS) is 11.3. The maximum Gasteiger partial charge on any atom is 0.416 e. The van der Waals surface area contributed by atoms with E-state index in [1.807, 2.05) is 0 Å². The van der Waals surface area contributed by atoms with Gasteiger partial charge in [-0.1, -0.05) is 0 Å². The van der Waals surface area contributed by atoms with E-state index < -0.39 is 34.8 Å². The minimum Gasteiger partial charge on any atom is -0.494 e. The zero-order valence-corrected chi connectivity index (χ0v) is 14.0. The van der Waals surface area contributed by atoms with E-state index in [2.05, 4.69) is 0 Å². The molecule has 2 aromatic rings. The van der Waals surface area contributed by atoms with Crippen LogP contribution in [0.2, 0.25) is 0 Å². The van der Waals surface area contributed by atoms with Crippen LogP contribution in [-0.2, 0) is 6.18 Å². The molecule has 0 saturated carbocycles. The van der Waals surface area contributed by atoms with E-state index in [1.54, 1.807) is 0 Å². The quantitative estimate of drug-likeness (QED) is 0.540. The highest BCUT2D eigenvalue weighted by Crippen LogP contribution is 2.30. The Labute approximate surface area is 151 Å². The van der Waals surface area contributed by atoms with Crippen LogP contribution in [-0.4, -0.2) is 19.1 Å². The van der Waals surface area contributed by atoms with Crippen LogP contribution < -0.4 is 15.2 Å². The number of halogens is 5. The number of alkyl halides is 3. The Balaban J connectivity index is 1.75. The molecule has 2 N–H and O–H groups in total. The molecule has 27 heavy (non-hydrogen) atoms. The summed E-state index contributed by atoms with van der Waals surface area (Å²) in [4.78, 5) is 11.0. The number of nitrogens with two attached hydrogens (primary N) is 1. The lowest BCUT2D eigenvalue weighted by Crippen LogP contribution is -2.16. The molecule has 146 valence electrons. The molecule has 0 fully saturated rings. The number of hydrogen-bond acceptors (Lipinski definition) is 3. The number of hydrogen-bond donors (Lipinski definition) is 1. The van der Waals surface area contributed by atoms with Crippen molar-refractivity contribution in [3.63, 3.8) is 0 Å². The van der Waals surface area contributed by atoms with E-state index in [4.69, 9.17) is 15.2 Å². The first-order valence-electron chi connectivity index (χ1n) is 7.91. The SMILES string of the molecule is NC(=O)c1c(F)ccc(OCCCCOc2ccc(C(F)(F)F)cc2)c1F. The first-order chi connectivity index (χ1) is 12.7. The van der Waals surface area contributed by atoms with Crippen molar-refractivity contribution in [2.75, 3.05) is 13.2 Å². The highest BCUT2D eigenvalue weighted by molar-refractivity contribution is 5.93. The van der Waals surface area contributed by atoms with Gasteiger partial charge in [-0.3, -0.25) is 4.79 Å². The third-order valence-corrected chi connectivity index (χ3v) is 3.55. The number of benzene rings is 2. The molecule has 0 saturated heterocycles. The van der Waals surface area contributed by atoms with E-state index in [9.17, 15) is 26.7 Å². The monoisotopic (exact) mass is 389 g/mol. The Morgan fingerprint density at radius 3 is 2.07 bits per heavy atom. The molecule has 0 aliphatic rings. The van der Waals surface area contributed by atoms with Crippen molar-refractivity contribution in [2.45, 2.75) is 19.0 Å². The zero-order chi connectivity index (χ0) is 20.0. The predicted molar refractivity (Wildman–Crippen MR) is 86.5 cm³/mol. The Bertz CT molecular complexity index is 791. The number of carbonyl (C=O) groups excluding carboxylic acids is 1. The van der Waals surface area contributed by atoms with Crippen molar-refractivity contribution in [1.29, 1.82) is 0 Å². The van der Waals surface area contributed by atoms with Crippen molar-refractivity contribution in [3.05, 3.63) is 59.2 Å². The molecule has 0 atom stereocenters. The summed E-state index contributed by atoms with van der Waals surface area (Å²) >= 11 is 0. The van der Waals surface area contributed by atoms with Crippen molar-refractivity contribution in [2.24, 2.45) is 5.73 Å². The molecule has 0 aliphatic heterocycles. The van der Waals surface area contributed by atoms with Crippen molar-refractivity contribution in [1.82, 2.24) is 0 Å². The molecule has 0 bridgehead atoms. The number of ether oxygens (including phenoxy) is 2. The summed E-state index contributed by atoms with van der Waals surface area (Å²) in [5, 5.41) is 0. The second-order valence-corrected chi connectivity index (χ2v) is 5.52. The van der Waals surface area contributed by atoms with Crippen LogP contribution in [0.25, 0.3) is 0 Å². The fourth-order valence-electron chi connectivity index (χ4n) is 2.19. The average molecular weight is 389 g/mol. The summed E-state index contributed by atoms with van der Waals surface area (Å²) in [7, 11) is 0. The van der Waals surface area contributed by atoms with Gasteiger partial charge in [-0.05, 0) is 49.2 Å². The second-order valence-electron chi connectivity index (χ2n) is 5.52. The Kier molecular flexibility index (Phi) is 6.59. The number of carbonyl (C=O) groups is 1. The number of unbranched alkanes of at least 4 members (excludes halogenated alkanes) is 1. The highest BCUT2D eigenvalue weighted by atomic mass is 19.4. The topological polar surface area (TPSA) is 61.6 Å². The minimum atomic E-state index is -4.40. The van der Waals surface area contributed by atoms with E-state index >= 15 is 0 Å². The molecule has 0 unspecified atom stereocenters. The molecule has 9 heteroatoms. The van der Waals surface area contributed by atoms with Gasteiger partial charge in [-0.2, -0.15) is 13.2 Å². The van der Waals surface area contributed by atoms with Gasteiger partial charge in [0.1, 0.15) is 17.1 Å². The largest absolute Gasteiger partial charge is 0.494 e. The fourth-order valence-corrected chi connectivity index (χ4v) is 2.19. The molecule has 4 nitrogen and oxygen atoms in total. The van der Waals surface area contributed by atoms with Gasteiger partial charge in [0.2, 0.25) is 0 Å². The van der Waals surface area contributed by atoms with Gasteiger partial charge < -0.3 is 15.2 Å². The summed E-state index contributed by atoms with van der Waals surface area (Å²) in [6, 6.07) is 6.22. The molecule has 0 aromatic heterocycles. The highest BCUT2D eigenvalue weighted by Gasteiger charge is 2.30. The van der Waals surface area contributed by atoms with E-state index in [1.165, 1.54) is 12.1 Å². The molecule has 2 rings (SSSR count). The second kappa shape index (κ2) is 8.70. The van der Waals surface area contributed by atoms with Crippen LogP contribution >= 0.6 is 0 Å². The van der Waals surface area contributed by atoms with Gasteiger partial charge in [0, 0.05) is 0 Å². The molecule has 0 spiro atoms. The molecule has 1 amide bonds. The minimum absolute atomic E-state index is 0.0666. The van der Waals surface area contributed by atoms with E-state index in [-0.39, 0.29) is 19.0 Å².